The highest BCUT2D eigenvalue weighted by Gasteiger charge is 2.93. The summed E-state index contributed by atoms with van der Waals surface area (Å²) in [4.78, 5) is 24.3. The number of carbonyl (C=O) groups excluding carboxylic acids is 1. The van der Waals surface area contributed by atoms with Crippen molar-refractivity contribution < 1.29 is 19.0 Å². The van der Waals surface area contributed by atoms with Crippen molar-refractivity contribution in [1.29, 1.82) is 0 Å². The van der Waals surface area contributed by atoms with Crippen molar-refractivity contribution in [3.8, 4) is 0 Å². The molecule has 5 rings (SSSR count). The minimum Gasteiger partial charge on any atom is -0.444 e. The van der Waals surface area contributed by atoms with Crippen LogP contribution in [0.4, 0.5) is 4.79 Å². The van der Waals surface area contributed by atoms with Crippen LogP contribution in [-0.2, 0) is 26.4 Å². The first kappa shape index (κ1) is 19.0. The quantitative estimate of drug-likeness (QED) is 0.734. The second kappa shape index (κ2) is 6.32. The normalized spacial score (nSPS) is 31.2. The first-order valence-corrected chi connectivity index (χ1v) is 10.0. The summed E-state index contributed by atoms with van der Waals surface area (Å²) in [7, 11) is 0. The van der Waals surface area contributed by atoms with E-state index in [1.807, 2.05) is 38.5 Å². The number of hydrogen-bond donors (Lipinski definition) is 1. The maximum atomic E-state index is 12.5. The third-order valence-electron chi connectivity index (χ3n) is 5.43. The molecule has 2 saturated carbocycles. The molecule has 1 aromatic rings. The lowest BCUT2D eigenvalue weighted by atomic mass is 10.2. The molecule has 0 spiro atoms. The van der Waals surface area contributed by atoms with E-state index in [2.05, 4.69) is 21.2 Å². The van der Waals surface area contributed by atoms with Gasteiger partial charge in [-0.05, 0) is 55.3 Å². The van der Waals surface area contributed by atoms with Crippen LogP contribution >= 0.6 is 15.9 Å². The summed E-state index contributed by atoms with van der Waals surface area (Å²) in [5.41, 5.74) is 0.272. The van der Waals surface area contributed by atoms with E-state index in [4.69, 9.17) is 14.2 Å². The van der Waals surface area contributed by atoms with Gasteiger partial charge >= 0.3 is 6.09 Å². The summed E-state index contributed by atoms with van der Waals surface area (Å²) in [5.74, 6) is 0.998. The van der Waals surface area contributed by atoms with E-state index in [1.54, 1.807) is 6.07 Å². The summed E-state index contributed by atoms with van der Waals surface area (Å²) in [5, 5.41) is 2.75. The Morgan fingerprint density at radius 2 is 2.26 bits per heavy atom. The molecule has 0 radical (unpaired) electrons. The highest BCUT2D eigenvalue weighted by molar-refractivity contribution is 9.10. The van der Waals surface area contributed by atoms with Crippen molar-refractivity contribution in [2.75, 3.05) is 13.2 Å². The average molecular weight is 441 g/mol. The minimum atomic E-state index is -0.531. The minimum absolute atomic E-state index is 0.0146. The molecule has 4 aliphatic rings. The lowest BCUT2D eigenvalue weighted by Crippen LogP contribution is -2.39. The monoisotopic (exact) mass is 440 g/mol. The van der Waals surface area contributed by atoms with Gasteiger partial charge in [-0.1, -0.05) is 0 Å². The van der Waals surface area contributed by atoms with Gasteiger partial charge in [0.25, 0.3) is 5.56 Å². The number of carbonyl (C=O) groups is 1. The maximum absolute atomic E-state index is 12.5. The predicted molar refractivity (Wildman–Crippen MR) is 102 cm³/mol. The molecule has 8 heteroatoms. The van der Waals surface area contributed by atoms with Crippen molar-refractivity contribution in [2.45, 2.75) is 57.6 Å². The Balaban J connectivity index is 1.32. The summed E-state index contributed by atoms with van der Waals surface area (Å²) < 4.78 is 19.0. The zero-order chi connectivity index (χ0) is 19.6. The molecule has 27 heavy (non-hydrogen) atoms. The lowest BCUT2D eigenvalue weighted by molar-refractivity contribution is 0.0441. The summed E-state index contributed by atoms with van der Waals surface area (Å²) >= 11 is 3.37. The molecule has 5 atom stereocenters. The largest absolute Gasteiger partial charge is 0.444 e. The van der Waals surface area contributed by atoms with Gasteiger partial charge in [0.1, 0.15) is 5.60 Å². The summed E-state index contributed by atoms with van der Waals surface area (Å²) in [6.45, 7) is 8.78. The van der Waals surface area contributed by atoms with Crippen molar-refractivity contribution in [1.82, 2.24) is 9.88 Å². The summed E-state index contributed by atoms with van der Waals surface area (Å²) in [6, 6.07) is 1.61. The number of ether oxygens (including phenoxy) is 3. The van der Waals surface area contributed by atoms with E-state index in [-0.39, 0.29) is 23.2 Å². The molecule has 2 saturated heterocycles. The number of pyridine rings is 1. The van der Waals surface area contributed by atoms with Gasteiger partial charge in [0.2, 0.25) is 0 Å². The number of fused-ring (bicyclic) bond motifs is 1. The Labute approximate surface area is 166 Å². The molecular weight excluding hydrogens is 416 g/mol. The number of nitrogens with zero attached hydrogens (tertiary/aromatic N) is 1. The van der Waals surface area contributed by atoms with Crippen LogP contribution in [0.15, 0.2) is 21.5 Å². The van der Waals surface area contributed by atoms with Gasteiger partial charge in [-0.2, -0.15) is 0 Å². The molecule has 4 fully saturated rings. The number of alkyl carbamates (subject to hydrolysis) is 1. The number of amides is 1. The van der Waals surface area contributed by atoms with Crippen LogP contribution in [-0.4, -0.2) is 41.6 Å². The van der Waals surface area contributed by atoms with Crippen molar-refractivity contribution in [3.63, 3.8) is 0 Å². The molecule has 2 aliphatic carbocycles. The Kier molecular flexibility index (Phi) is 4.44. The Morgan fingerprint density at radius 3 is 2.85 bits per heavy atom. The van der Waals surface area contributed by atoms with Gasteiger partial charge in [-0.25, -0.2) is 4.79 Å². The molecule has 1 N–H and O–H groups in total. The maximum Gasteiger partial charge on any atom is 0.407 e. The zero-order valence-electron chi connectivity index (χ0n) is 16.0. The van der Waals surface area contributed by atoms with E-state index < -0.39 is 11.7 Å². The molecule has 2 aliphatic heterocycles. The van der Waals surface area contributed by atoms with Crippen LogP contribution in [0.5, 0.6) is 0 Å². The second-order valence-corrected chi connectivity index (χ2v) is 9.56. The standard InChI is InChI=1S/C19H25BrN2O5/c1-10(21-17(24)27-18(2,3)4)7-25-8-11-5-13(20)16(23)22(6-11)19-12-9-26-15(19)14(12)19/h5-6,10,12,14-15H,7-9H2,1-4H3,(H,21,24)/t10-,12+,14+,15?,19?/m1/s1. The van der Waals surface area contributed by atoms with E-state index in [0.717, 1.165) is 12.2 Å². The van der Waals surface area contributed by atoms with Gasteiger partial charge in [-0.3, -0.25) is 4.79 Å². The highest BCUT2D eigenvalue weighted by atomic mass is 79.9. The molecule has 148 valence electrons. The van der Waals surface area contributed by atoms with Crippen LogP contribution in [0.3, 0.4) is 0 Å². The van der Waals surface area contributed by atoms with Crippen LogP contribution in [0, 0.1) is 11.8 Å². The van der Waals surface area contributed by atoms with Crippen LogP contribution in [0.25, 0.3) is 0 Å². The first-order chi connectivity index (χ1) is 12.6. The van der Waals surface area contributed by atoms with E-state index >= 15 is 0 Å². The second-order valence-electron chi connectivity index (χ2n) is 8.71. The topological polar surface area (TPSA) is 78.8 Å². The fourth-order valence-corrected chi connectivity index (χ4v) is 4.70. The SMILES string of the molecule is C[C@H](COCc1cc(Br)c(=O)n(C23C4OC[C@H]2[C@@H]43)c1)NC(=O)OC(C)(C)C. The number of hydrogen-bond acceptors (Lipinski definition) is 5. The average Bonchev–Trinajstić information content (AvgIpc) is 3.21. The third kappa shape index (κ3) is 3.21. The number of nitrogens with one attached hydrogen (secondary N) is 1. The number of rotatable bonds is 6. The fourth-order valence-electron chi connectivity index (χ4n) is 4.22. The van der Waals surface area contributed by atoms with Gasteiger partial charge in [0, 0.05) is 18.0 Å². The van der Waals surface area contributed by atoms with Crippen molar-refractivity contribution in [3.05, 3.63) is 32.7 Å². The van der Waals surface area contributed by atoms with Gasteiger partial charge in [0.05, 0.1) is 42.0 Å². The molecular formula is C19H25BrN2O5. The van der Waals surface area contributed by atoms with Crippen molar-refractivity contribution in [2.24, 2.45) is 11.8 Å². The Bertz CT molecular complexity index is 809. The highest BCUT2D eigenvalue weighted by Crippen LogP contribution is 2.82. The Morgan fingerprint density at radius 1 is 1.52 bits per heavy atom. The van der Waals surface area contributed by atoms with Crippen molar-refractivity contribution >= 4 is 22.0 Å². The van der Waals surface area contributed by atoms with Crippen LogP contribution in [0.1, 0.15) is 33.3 Å². The van der Waals surface area contributed by atoms with Gasteiger partial charge in [0.15, 0.2) is 0 Å². The fraction of sp³-hybridized carbons (Fsp3) is 0.684. The predicted octanol–water partition coefficient (Wildman–Crippen LogP) is 2.39. The van der Waals surface area contributed by atoms with Gasteiger partial charge in [-0.15, -0.1) is 0 Å². The number of halogens is 1. The third-order valence-corrected chi connectivity index (χ3v) is 6.00. The molecule has 2 unspecified atom stereocenters. The molecule has 2 bridgehead atoms. The molecule has 1 amide bonds. The van der Waals surface area contributed by atoms with E-state index in [9.17, 15) is 9.59 Å². The number of aromatic nitrogens is 1. The zero-order valence-corrected chi connectivity index (χ0v) is 17.5. The molecule has 3 heterocycles. The Hall–Kier alpha value is -1.38. The summed E-state index contributed by atoms with van der Waals surface area (Å²) in [6.07, 6.45) is 1.64. The smallest absolute Gasteiger partial charge is 0.407 e. The van der Waals surface area contributed by atoms with Crippen LogP contribution < -0.4 is 10.9 Å². The van der Waals surface area contributed by atoms with Crippen LogP contribution in [0.2, 0.25) is 0 Å². The first-order valence-electron chi connectivity index (χ1n) is 9.25. The van der Waals surface area contributed by atoms with Gasteiger partial charge < -0.3 is 24.1 Å². The lowest BCUT2D eigenvalue weighted by Gasteiger charge is -2.22. The molecule has 0 aromatic carbocycles. The molecule has 7 nitrogen and oxygen atoms in total. The van der Waals surface area contributed by atoms with E-state index in [1.165, 1.54) is 0 Å². The van der Waals surface area contributed by atoms with E-state index in [0.29, 0.717) is 29.5 Å². The molecule has 1 aromatic heterocycles.